The van der Waals surface area contributed by atoms with Crippen molar-refractivity contribution in [2.45, 2.75) is 44.9 Å². The quantitative estimate of drug-likeness (QED) is 0.846. The van der Waals surface area contributed by atoms with E-state index in [4.69, 9.17) is 0 Å². The van der Waals surface area contributed by atoms with Gasteiger partial charge in [-0.25, -0.2) is 4.39 Å². The van der Waals surface area contributed by atoms with E-state index in [1.165, 1.54) is 37.7 Å². The minimum absolute atomic E-state index is 0.125. The number of rotatable bonds is 2. The maximum Gasteiger partial charge on any atom is 0.123 e. The van der Waals surface area contributed by atoms with Crippen LogP contribution >= 0.6 is 0 Å². The Balaban J connectivity index is 1.78. The van der Waals surface area contributed by atoms with Crippen LogP contribution in [-0.2, 0) is 0 Å². The number of nitrogens with one attached hydrogen (secondary N) is 1. The van der Waals surface area contributed by atoms with E-state index in [1.54, 1.807) is 12.1 Å². The van der Waals surface area contributed by atoms with Gasteiger partial charge in [-0.1, -0.05) is 38.3 Å². The summed E-state index contributed by atoms with van der Waals surface area (Å²) in [6.45, 7) is 4.61. The maximum atomic E-state index is 13.1. The van der Waals surface area contributed by atoms with Gasteiger partial charge in [0, 0.05) is 6.54 Å². The second kappa shape index (κ2) is 6.26. The molecule has 3 rings (SSSR count). The Morgan fingerprint density at radius 3 is 2.65 bits per heavy atom. The fourth-order valence-electron chi connectivity index (χ4n) is 4.39. The Labute approximate surface area is 122 Å². The zero-order valence-corrected chi connectivity index (χ0v) is 12.4. The lowest BCUT2D eigenvalue weighted by molar-refractivity contribution is 0.152. The van der Waals surface area contributed by atoms with Crippen LogP contribution in [0.1, 0.15) is 50.5 Å². The Bertz CT molecular complexity index is 428. The summed E-state index contributed by atoms with van der Waals surface area (Å²) in [6, 6.07) is 7.22. The Morgan fingerprint density at radius 1 is 1.10 bits per heavy atom. The summed E-state index contributed by atoms with van der Waals surface area (Å²) in [5, 5.41) is 3.53. The maximum absolute atomic E-state index is 13.1. The number of benzene rings is 1. The molecule has 1 aliphatic carbocycles. The third-order valence-electron chi connectivity index (χ3n) is 5.42. The lowest BCUT2D eigenvalue weighted by Crippen LogP contribution is -2.39. The molecule has 1 aromatic carbocycles. The van der Waals surface area contributed by atoms with Crippen molar-refractivity contribution in [2.75, 3.05) is 13.1 Å². The highest BCUT2D eigenvalue weighted by molar-refractivity contribution is 5.22. The SMILES string of the molecule is CC1CCCC(C2CCNCC2c2ccc(F)cc2)C1. The van der Waals surface area contributed by atoms with Crippen LogP contribution in [0.25, 0.3) is 0 Å². The zero-order valence-electron chi connectivity index (χ0n) is 12.4. The first kappa shape index (κ1) is 14.1. The van der Waals surface area contributed by atoms with E-state index >= 15 is 0 Å². The summed E-state index contributed by atoms with van der Waals surface area (Å²) >= 11 is 0. The normalized spacial score (nSPS) is 34.9. The summed E-state index contributed by atoms with van der Waals surface area (Å²) in [6.07, 6.45) is 6.86. The predicted molar refractivity (Wildman–Crippen MR) is 81.2 cm³/mol. The summed E-state index contributed by atoms with van der Waals surface area (Å²) in [4.78, 5) is 0. The molecule has 2 heteroatoms. The van der Waals surface area contributed by atoms with E-state index in [2.05, 4.69) is 12.2 Å². The second-order valence-electron chi connectivity index (χ2n) is 6.85. The molecule has 0 spiro atoms. The van der Waals surface area contributed by atoms with Crippen LogP contribution in [-0.4, -0.2) is 13.1 Å². The van der Waals surface area contributed by atoms with Gasteiger partial charge in [0.25, 0.3) is 0 Å². The van der Waals surface area contributed by atoms with Gasteiger partial charge in [0.2, 0.25) is 0 Å². The van der Waals surface area contributed by atoms with Gasteiger partial charge < -0.3 is 5.32 Å². The molecule has 1 saturated heterocycles. The molecule has 1 saturated carbocycles. The molecule has 0 bridgehead atoms. The minimum atomic E-state index is -0.125. The van der Waals surface area contributed by atoms with Crippen molar-refractivity contribution >= 4 is 0 Å². The molecular formula is C18H26FN. The Morgan fingerprint density at radius 2 is 1.90 bits per heavy atom. The predicted octanol–water partition coefficient (Wildman–Crippen LogP) is 4.35. The topological polar surface area (TPSA) is 12.0 Å². The fourth-order valence-corrected chi connectivity index (χ4v) is 4.39. The van der Waals surface area contributed by atoms with Crippen LogP contribution in [0.5, 0.6) is 0 Å². The molecular weight excluding hydrogens is 249 g/mol. The highest BCUT2D eigenvalue weighted by Gasteiger charge is 2.34. The first-order valence-electron chi connectivity index (χ1n) is 8.20. The van der Waals surface area contributed by atoms with Crippen LogP contribution < -0.4 is 5.32 Å². The molecule has 1 N–H and O–H groups in total. The van der Waals surface area contributed by atoms with E-state index in [0.717, 1.165) is 30.8 Å². The van der Waals surface area contributed by atoms with Gasteiger partial charge in [-0.3, -0.25) is 0 Å². The summed E-state index contributed by atoms with van der Waals surface area (Å²) in [5.41, 5.74) is 1.32. The monoisotopic (exact) mass is 275 g/mol. The van der Waals surface area contributed by atoms with Gasteiger partial charge in [0.15, 0.2) is 0 Å². The van der Waals surface area contributed by atoms with Crippen molar-refractivity contribution in [1.82, 2.24) is 5.32 Å². The lowest BCUT2D eigenvalue weighted by atomic mass is 9.67. The Kier molecular flexibility index (Phi) is 4.40. The summed E-state index contributed by atoms with van der Waals surface area (Å²) in [7, 11) is 0. The van der Waals surface area contributed by atoms with Gasteiger partial charge in [0.05, 0.1) is 0 Å². The summed E-state index contributed by atoms with van der Waals surface area (Å²) in [5.74, 6) is 2.98. The van der Waals surface area contributed by atoms with Crippen molar-refractivity contribution in [3.05, 3.63) is 35.6 Å². The lowest BCUT2D eigenvalue weighted by Gasteiger charge is -2.41. The van der Waals surface area contributed by atoms with Crippen LogP contribution in [0.15, 0.2) is 24.3 Å². The van der Waals surface area contributed by atoms with E-state index in [9.17, 15) is 4.39 Å². The molecule has 0 amide bonds. The molecule has 1 nitrogen and oxygen atoms in total. The molecule has 2 aliphatic rings. The molecule has 20 heavy (non-hydrogen) atoms. The van der Waals surface area contributed by atoms with Crippen molar-refractivity contribution in [2.24, 2.45) is 17.8 Å². The van der Waals surface area contributed by atoms with Crippen molar-refractivity contribution in [3.8, 4) is 0 Å². The van der Waals surface area contributed by atoms with Crippen LogP contribution in [0.2, 0.25) is 0 Å². The molecule has 4 unspecified atom stereocenters. The highest BCUT2D eigenvalue weighted by Crippen LogP contribution is 2.42. The number of piperidine rings is 1. The molecule has 110 valence electrons. The van der Waals surface area contributed by atoms with Crippen LogP contribution in [0.4, 0.5) is 4.39 Å². The van der Waals surface area contributed by atoms with Gasteiger partial charge >= 0.3 is 0 Å². The van der Waals surface area contributed by atoms with Crippen molar-refractivity contribution in [1.29, 1.82) is 0 Å². The highest BCUT2D eigenvalue weighted by atomic mass is 19.1. The smallest absolute Gasteiger partial charge is 0.123 e. The molecule has 0 radical (unpaired) electrons. The van der Waals surface area contributed by atoms with Crippen LogP contribution in [0, 0.1) is 23.6 Å². The van der Waals surface area contributed by atoms with Crippen LogP contribution in [0.3, 0.4) is 0 Å². The molecule has 1 aliphatic heterocycles. The summed E-state index contributed by atoms with van der Waals surface area (Å²) < 4.78 is 13.1. The number of hydrogen-bond donors (Lipinski definition) is 1. The molecule has 1 aromatic rings. The average Bonchev–Trinajstić information content (AvgIpc) is 2.48. The van der Waals surface area contributed by atoms with Crippen molar-refractivity contribution < 1.29 is 4.39 Å². The van der Waals surface area contributed by atoms with E-state index in [0.29, 0.717) is 5.92 Å². The molecule has 2 fully saturated rings. The van der Waals surface area contributed by atoms with E-state index in [-0.39, 0.29) is 5.82 Å². The average molecular weight is 275 g/mol. The van der Waals surface area contributed by atoms with Gasteiger partial charge in [-0.2, -0.15) is 0 Å². The second-order valence-corrected chi connectivity index (χ2v) is 6.85. The fraction of sp³-hybridized carbons (Fsp3) is 0.667. The standard InChI is InChI=1S/C18H26FN/c1-13-3-2-4-15(11-13)17-9-10-20-12-18(17)14-5-7-16(19)8-6-14/h5-8,13,15,17-18,20H,2-4,9-12H2,1H3. The van der Waals surface area contributed by atoms with Gasteiger partial charge in [0.1, 0.15) is 5.82 Å². The first-order chi connectivity index (χ1) is 9.74. The molecule has 4 atom stereocenters. The third kappa shape index (κ3) is 3.06. The Hall–Kier alpha value is -0.890. The minimum Gasteiger partial charge on any atom is -0.316 e. The zero-order chi connectivity index (χ0) is 13.9. The van der Waals surface area contributed by atoms with E-state index < -0.39 is 0 Å². The van der Waals surface area contributed by atoms with Gasteiger partial charge in [-0.05, 0) is 60.8 Å². The molecule has 1 heterocycles. The molecule has 0 aromatic heterocycles. The van der Waals surface area contributed by atoms with Crippen molar-refractivity contribution in [3.63, 3.8) is 0 Å². The van der Waals surface area contributed by atoms with Gasteiger partial charge in [-0.15, -0.1) is 0 Å². The third-order valence-corrected chi connectivity index (χ3v) is 5.42. The first-order valence-corrected chi connectivity index (χ1v) is 8.20. The number of halogens is 1. The van der Waals surface area contributed by atoms with E-state index in [1.807, 2.05) is 12.1 Å². The number of hydrogen-bond acceptors (Lipinski definition) is 1. The largest absolute Gasteiger partial charge is 0.316 e.